The fourth-order valence-corrected chi connectivity index (χ4v) is 8.83. The van der Waals surface area contributed by atoms with Crippen molar-refractivity contribution in [3.8, 4) is 23.0 Å². The van der Waals surface area contributed by atoms with Crippen LogP contribution in [0, 0.1) is 0 Å². The topological polar surface area (TPSA) is 388 Å². The zero-order valence-corrected chi connectivity index (χ0v) is 46.0. The van der Waals surface area contributed by atoms with Crippen LogP contribution >= 0.6 is 0 Å². The minimum atomic E-state index is -1.31. The first-order valence-electron chi connectivity index (χ1n) is 26.3. The van der Waals surface area contributed by atoms with Gasteiger partial charge in [0.25, 0.3) is 23.6 Å². The summed E-state index contributed by atoms with van der Waals surface area (Å²) in [7, 11) is 5.36. The predicted octanol–water partition coefficient (Wildman–Crippen LogP) is 2.98. The van der Waals surface area contributed by atoms with Gasteiger partial charge < -0.3 is 68.0 Å². The Morgan fingerprint density at radius 1 is 0.432 bits per heavy atom. The summed E-state index contributed by atoms with van der Waals surface area (Å²) in [6, 6.07) is 13.3. The number of methoxy groups -OCH3 is 4. The molecule has 0 aliphatic carbocycles. The number of nitrogens with two attached hydrogens (primary N) is 4. The third-order valence-corrected chi connectivity index (χ3v) is 13.3. The van der Waals surface area contributed by atoms with Crippen LogP contribution in [0.4, 0.5) is 0 Å². The molecule has 23 heteroatoms. The van der Waals surface area contributed by atoms with Crippen LogP contribution in [0.15, 0.2) is 72.8 Å². The first-order chi connectivity index (χ1) is 38.7. The van der Waals surface area contributed by atoms with Gasteiger partial charge in [0.2, 0.25) is 0 Å². The maximum atomic E-state index is 14.3. The lowest BCUT2D eigenvalue weighted by molar-refractivity contribution is -0.138. The monoisotopic (exact) mass is 1120 g/mol. The zero-order valence-electron chi connectivity index (χ0n) is 46.0. The number of benzene rings is 4. The molecule has 0 saturated carbocycles. The van der Waals surface area contributed by atoms with E-state index in [0.29, 0.717) is 61.0 Å². The number of hydrogen-bond acceptors (Lipinski definition) is 17. The third kappa shape index (κ3) is 20.0. The molecule has 81 heavy (non-hydrogen) atoms. The van der Waals surface area contributed by atoms with Gasteiger partial charge in [-0.2, -0.15) is 0 Å². The first kappa shape index (κ1) is 65.0. The quantitative estimate of drug-likeness (QED) is 0.0293. The van der Waals surface area contributed by atoms with E-state index in [9.17, 15) is 53.1 Å². The highest BCUT2D eigenvalue weighted by molar-refractivity contribution is 6.04. The van der Waals surface area contributed by atoms with Gasteiger partial charge in [0.15, 0.2) is 23.1 Å². The predicted molar refractivity (Wildman–Crippen MR) is 297 cm³/mol. The number of carboxylic acids is 2. The summed E-state index contributed by atoms with van der Waals surface area (Å²) in [5.41, 5.74) is 24.4. The Kier molecular flexibility index (Phi) is 26.1. The summed E-state index contributed by atoms with van der Waals surface area (Å²) in [6.45, 7) is 0.637. The Morgan fingerprint density at radius 3 is 1.04 bits per heavy atom. The standard InChI is InChI=1S/C58H73N7O16/c1-78-49-17-11-33(25-37(49)55(62)74)30-48(69)44(16-22-54(72)73)65-58(77)40-28-36(14-20-52(40)81-4)32-47(68)43(10-6-8-24-60)64-57(76)39-27-35(13-19-51(39)80-3)31-46(67)42(9-5-7-23-59)63-56(75)38-26-34(12-18-50(38)79-2)29-45(66)41(61)15-21-53(70)71/h11-14,17-20,25-28,41-44H,5-10,15-16,21-24,29-32,59-61H2,1-4H3,(H2,62,74)(H,63,75)(H,64,76)(H,65,77)(H,70,71)(H,72,73)/t41-,42-,43-,44-/m0/s1. The second kappa shape index (κ2) is 32.5. The highest BCUT2D eigenvalue weighted by atomic mass is 16.5. The molecule has 0 aliphatic heterocycles. The van der Waals surface area contributed by atoms with Gasteiger partial charge in [-0.05, 0) is 135 Å². The summed E-state index contributed by atoms with van der Waals surface area (Å²) in [4.78, 5) is 132. The van der Waals surface area contributed by atoms with Gasteiger partial charge in [-0.3, -0.25) is 47.9 Å². The number of carbonyl (C=O) groups excluding carboxylic acids is 8. The van der Waals surface area contributed by atoms with E-state index in [-0.39, 0.29) is 103 Å². The van der Waals surface area contributed by atoms with E-state index >= 15 is 0 Å². The maximum Gasteiger partial charge on any atom is 0.303 e. The van der Waals surface area contributed by atoms with Crippen molar-refractivity contribution < 1.29 is 77.1 Å². The number of aliphatic carboxylic acids is 2. The molecule has 13 N–H and O–H groups in total. The van der Waals surface area contributed by atoms with Crippen molar-refractivity contribution >= 4 is 58.7 Å². The number of nitrogens with one attached hydrogen (secondary N) is 3. The fraction of sp³-hybridized carbons (Fsp3) is 0.414. The summed E-state index contributed by atoms with van der Waals surface area (Å²) in [6.07, 6.45) is 0.207. The number of carbonyl (C=O) groups is 10. The van der Waals surface area contributed by atoms with E-state index in [2.05, 4.69) is 16.0 Å². The van der Waals surface area contributed by atoms with Gasteiger partial charge in [-0.1, -0.05) is 24.3 Å². The second-order valence-electron chi connectivity index (χ2n) is 19.2. The number of carboxylic acid groups (broad SMARTS) is 2. The number of unbranched alkanes of at least 4 members (excludes halogenated alkanes) is 2. The largest absolute Gasteiger partial charge is 0.496 e. The van der Waals surface area contributed by atoms with Crippen molar-refractivity contribution in [3.05, 3.63) is 117 Å². The van der Waals surface area contributed by atoms with Crippen LogP contribution in [-0.2, 0) is 54.5 Å². The molecule has 23 nitrogen and oxygen atoms in total. The molecule has 0 bridgehead atoms. The fourth-order valence-electron chi connectivity index (χ4n) is 8.83. The SMILES string of the molecule is COc1ccc(CC(=O)[C@H](CCC(=O)O)NC(=O)c2cc(CC(=O)[C@H](CCCCN)NC(=O)c3cc(CC(=O)[C@H](CCCCN)NC(=O)c4cc(CC(=O)[C@@H](N)CCC(=O)O)ccc4OC)ccc3OC)ccc2OC)cc1C(N)=O. The number of amides is 4. The number of rotatable bonds is 37. The van der Waals surface area contributed by atoms with Gasteiger partial charge >= 0.3 is 11.9 Å². The molecule has 0 heterocycles. The number of ketones is 4. The van der Waals surface area contributed by atoms with Gasteiger partial charge in [0.05, 0.1) is 74.9 Å². The zero-order chi connectivity index (χ0) is 59.8. The van der Waals surface area contributed by atoms with E-state index in [1.807, 2.05) is 0 Å². The minimum Gasteiger partial charge on any atom is -0.496 e. The molecule has 436 valence electrons. The Morgan fingerprint density at radius 2 is 0.728 bits per heavy atom. The molecular formula is C58H73N7O16. The normalized spacial score (nSPS) is 12.4. The van der Waals surface area contributed by atoms with Gasteiger partial charge in [-0.25, -0.2) is 0 Å². The van der Waals surface area contributed by atoms with Crippen LogP contribution in [-0.4, -0.2) is 135 Å². The van der Waals surface area contributed by atoms with E-state index in [4.69, 9.17) is 47.0 Å². The van der Waals surface area contributed by atoms with E-state index in [1.54, 1.807) is 18.2 Å². The summed E-state index contributed by atoms with van der Waals surface area (Å²) in [5.74, 6) is -6.61. The lowest BCUT2D eigenvalue weighted by Gasteiger charge is -2.21. The molecule has 0 spiro atoms. The Bertz CT molecular complexity index is 2930. The minimum absolute atomic E-state index is 0.00220. The molecular weight excluding hydrogens is 1050 g/mol. The van der Waals surface area contributed by atoms with Crippen molar-refractivity contribution in [2.24, 2.45) is 22.9 Å². The lowest BCUT2D eigenvalue weighted by atomic mass is 9.95. The Hall–Kier alpha value is -8.54. The average molecular weight is 1120 g/mol. The van der Waals surface area contributed by atoms with Crippen LogP contribution in [0.1, 0.15) is 128 Å². The molecule has 0 aromatic heterocycles. The molecule has 4 aromatic carbocycles. The van der Waals surface area contributed by atoms with Gasteiger partial charge in [-0.15, -0.1) is 0 Å². The van der Waals surface area contributed by atoms with Crippen molar-refractivity contribution in [3.63, 3.8) is 0 Å². The number of hydrogen-bond donors (Lipinski definition) is 9. The third-order valence-electron chi connectivity index (χ3n) is 13.3. The maximum absolute atomic E-state index is 14.3. The molecule has 0 unspecified atom stereocenters. The van der Waals surface area contributed by atoms with Gasteiger partial charge in [0, 0.05) is 38.5 Å². The number of Topliss-reactive ketones (excluding diaryl/α,β-unsaturated/α-hetero) is 4. The summed E-state index contributed by atoms with van der Waals surface area (Å²) < 4.78 is 21.6. The van der Waals surface area contributed by atoms with E-state index in [1.165, 1.54) is 83.0 Å². The highest BCUT2D eigenvalue weighted by Crippen LogP contribution is 2.26. The molecule has 4 amide bonds. The molecule has 0 saturated heterocycles. The van der Waals surface area contributed by atoms with Crippen LogP contribution in [0.2, 0.25) is 0 Å². The average Bonchev–Trinajstić information content (AvgIpc) is 3.45. The molecule has 0 fully saturated rings. The van der Waals surface area contributed by atoms with Crippen molar-refractivity contribution in [1.29, 1.82) is 0 Å². The molecule has 0 radical (unpaired) electrons. The van der Waals surface area contributed by atoms with Crippen molar-refractivity contribution in [1.82, 2.24) is 16.0 Å². The molecule has 4 aromatic rings. The molecule has 4 rings (SSSR count). The van der Waals surface area contributed by atoms with Crippen molar-refractivity contribution in [2.75, 3.05) is 41.5 Å². The van der Waals surface area contributed by atoms with E-state index in [0.717, 1.165) is 0 Å². The molecule has 0 aliphatic rings. The lowest BCUT2D eigenvalue weighted by Crippen LogP contribution is -2.42. The number of ether oxygens (including phenoxy) is 4. The highest BCUT2D eigenvalue weighted by Gasteiger charge is 2.29. The van der Waals surface area contributed by atoms with Gasteiger partial charge in [0.1, 0.15) is 23.0 Å². The Balaban J connectivity index is 1.56. The second-order valence-corrected chi connectivity index (χ2v) is 19.2. The summed E-state index contributed by atoms with van der Waals surface area (Å²) in [5, 5.41) is 26.7. The smallest absolute Gasteiger partial charge is 0.303 e. The Labute approximate surface area is 469 Å². The van der Waals surface area contributed by atoms with Crippen LogP contribution in [0.5, 0.6) is 23.0 Å². The van der Waals surface area contributed by atoms with Crippen LogP contribution in [0.25, 0.3) is 0 Å². The van der Waals surface area contributed by atoms with Crippen molar-refractivity contribution in [2.45, 2.75) is 114 Å². The van der Waals surface area contributed by atoms with Crippen LogP contribution in [0.3, 0.4) is 0 Å². The summed E-state index contributed by atoms with van der Waals surface area (Å²) >= 11 is 0. The van der Waals surface area contributed by atoms with Crippen LogP contribution < -0.4 is 57.8 Å². The molecule has 4 atom stereocenters. The number of primary amides is 1. The van der Waals surface area contributed by atoms with E-state index < -0.39 is 89.3 Å². The first-order valence-corrected chi connectivity index (χ1v) is 26.3.